The normalized spacial score (nSPS) is 14.8. The number of amides is 7. The summed E-state index contributed by atoms with van der Waals surface area (Å²) in [6.45, 7) is 18.1. The first kappa shape index (κ1) is 52.8. The fraction of sp³-hybridized carbons (Fsp3) is 0.545. The minimum Gasteiger partial charge on any atom is -0.352 e. The molecule has 0 heterocycles. The first-order valence-electron chi connectivity index (χ1n) is 20.7. The van der Waals surface area contributed by atoms with Crippen molar-refractivity contribution in [1.82, 2.24) is 30.9 Å². The van der Waals surface area contributed by atoms with Gasteiger partial charge in [0.25, 0.3) is 15.9 Å². The Balaban J connectivity index is 2.37. The molecule has 0 aliphatic rings. The molecule has 0 saturated heterocycles. The number of primary amides is 1. The molecule has 0 aromatic heterocycles. The van der Waals surface area contributed by atoms with E-state index in [1.807, 2.05) is 78.8 Å². The van der Waals surface area contributed by atoms with Gasteiger partial charge in [0.15, 0.2) is 0 Å². The molecule has 0 bridgehead atoms. The van der Waals surface area contributed by atoms with Crippen molar-refractivity contribution in [3.63, 3.8) is 0 Å². The van der Waals surface area contributed by atoms with Gasteiger partial charge in [-0.1, -0.05) is 111 Å². The minimum atomic E-state index is -4.62. The molecule has 0 radical (unpaired) electrons. The summed E-state index contributed by atoms with van der Waals surface area (Å²) in [7, 11) is -1.36. The third-order valence-electron chi connectivity index (χ3n) is 10.7. The van der Waals surface area contributed by atoms with Gasteiger partial charge in [-0.15, -0.1) is 0 Å². The first-order chi connectivity index (χ1) is 28.7. The summed E-state index contributed by atoms with van der Waals surface area (Å²) in [5, 5.41) is 13.7. The Bertz CT molecular complexity index is 2030. The van der Waals surface area contributed by atoms with Crippen molar-refractivity contribution in [3.05, 3.63) is 71.8 Å². The number of carbonyl (C=O) groups is 6. The molecule has 18 heteroatoms. The van der Waals surface area contributed by atoms with Crippen molar-refractivity contribution in [2.24, 2.45) is 28.7 Å². The Labute approximate surface area is 367 Å². The fourth-order valence-electron chi connectivity index (χ4n) is 6.80. The van der Waals surface area contributed by atoms with Gasteiger partial charge < -0.3 is 43.0 Å². The van der Waals surface area contributed by atoms with Crippen LogP contribution < -0.4 is 42.8 Å². The predicted octanol–water partition coefficient (Wildman–Crippen LogP) is 2.87. The van der Waals surface area contributed by atoms with Gasteiger partial charge in [-0.3, -0.25) is 24.0 Å². The van der Waals surface area contributed by atoms with Crippen molar-refractivity contribution >= 4 is 51.3 Å². The standard InChI is InChI=1S/C44H69N9O8S/c1-26(2)32(53(12)41(58)36(43(6,7)8)51-40(57)35(47-11)44(9,10)29-19-14-13-15-20-29)25-28(5)37(54)52-62(60,61)33-23-17-16-21-30(33)49-38(55)31(22-18-24-48-42(46)59)50-39(56)34(45)27(3)4/h13-17,19-21,23,25-27,31-32,34-36,47H,18,22,24,45H2,1-12H3,(H,49,55)(H,50,56)(H,51,57)(H,52,54)(H3,46,48,59)/t31-,32+,34-,35+,36+/m0/s1. The number of urea groups is 1. The number of nitrogens with two attached hydrogens (primary N) is 2. The monoisotopic (exact) mass is 883 g/mol. The predicted molar refractivity (Wildman–Crippen MR) is 241 cm³/mol. The number of nitrogens with one attached hydrogen (secondary N) is 6. The second kappa shape index (κ2) is 22.7. The molecular weight excluding hydrogens is 815 g/mol. The van der Waals surface area contributed by atoms with Crippen LogP contribution in [-0.2, 0) is 39.4 Å². The molecule has 0 unspecified atom stereocenters. The number of nitrogens with zero attached hydrogens (tertiary/aromatic N) is 1. The summed E-state index contributed by atoms with van der Waals surface area (Å²) in [5.41, 5.74) is 10.5. The van der Waals surface area contributed by atoms with E-state index in [2.05, 4.69) is 31.3 Å². The molecule has 2 rings (SSSR count). The van der Waals surface area contributed by atoms with Crippen molar-refractivity contribution in [1.29, 1.82) is 0 Å². The minimum absolute atomic E-state index is 0.0153. The number of benzene rings is 2. The van der Waals surface area contributed by atoms with Crippen molar-refractivity contribution in [2.45, 2.75) is 123 Å². The number of hydrogen-bond acceptors (Lipinski definition) is 10. The zero-order valence-corrected chi connectivity index (χ0v) is 39.0. The van der Waals surface area contributed by atoms with E-state index in [1.54, 1.807) is 27.9 Å². The second-order valence-electron chi connectivity index (χ2n) is 17.8. The topological polar surface area (TPSA) is 264 Å². The molecule has 0 fully saturated rings. The lowest BCUT2D eigenvalue weighted by Crippen LogP contribution is -2.61. The SMILES string of the molecule is CN[C@H](C(=O)N[C@H](C(=O)N(C)[C@H](C=C(C)C(=O)NS(=O)(=O)c1ccccc1NC(=O)[C@H](CCCNC(N)=O)NC(=O)[C@@H](N)C(C)C)C(C)C)C(C)(C)C)C(C)(C)c1ccccc1. The van der Waals surface area contributed by atoms with Crippen LogP contribution in [-0.4, -0.2) is 99.7 Å². The summed E-state index contributed by atoms with van der Waals surface area (Å²) < 4.78 is 29.6. The van der Waals surface area contributed by atoms with Crippen molar-refractivity contribution in [2.75, 3.05) is 26.0 Å². The first-order valence-corrected chi connectivity index (χ1v) is 22.2. The van der Waals surface area contributed by atoms with Gasteiger partial charge in [-0.25, -0.2) is 17.9 Å². The average molecular weight is 884 g/mol. The molecule has 0 aliphatic heterocycles. The summed E-state index contributed by atoms with van der Waals surface area (Å²) in [6, 6.07) is 9.75. The van der Waals surface area contributed by atoms with Crippen LogP contribution in [0.4, 0.5) is 10.5 Å². The van der Waals surface area contributed by atoms with Gasteiger partial charge in [0.05, 0.1) is 23.8 Å². The Hall–Kier alpha value is -5.33. The number of para-hydroxylation sites is 1. The van der Waals surface area contributed by atoms with Gasteiger partial charge in [0, 0.05) is 24.6 Å². The van der Waals surface area contributed by atoms with E-state index in [0.29, 0.717) is 0 Å². The Morgan fingerprint density at radius 2 is 1.39 bits per heavy atom. The highest BCUT2D eigenvalue weighted by Gasteiger charge is 2.42. The largest absolute Gasteiger partial charge is 0.352 e. The maximum absolute atomic E-state index is 14.3. The van der Waals surface area contributed by atoms with Crippen molar-refractivity contribution < 1.29 is 37.2 Å². The lowest BCUT2D eigenvalue weighted by molar-refractivity contribution is -0.140. The van der Waals surface area contributed by atoms with E-state index in [0.717, 1.165) is 5.56 Å². The quantitative estimate of drug-likeness (QED) is 0.0672. The maximum Gasteiger partial charge on any atom is 0.312 e. The van der Waals surface area contributed by atoms with Gasteiger partial charge in [-0.2, -0.15) is 0 Å². The molecular formula is C44H69N9O8S. The van der Waals surface area contributed by atoms with Crippen LogP contribution in [0.2, 0.25) is 0 Å². The molecule has 7 amide bonds. The van der Waals surface area contributed by atoms with E-state index in [9.17, 15) is 37.2 Å². The smallest absolute Gasteiger partial charge is 0.312 e. The van der Waals surface area contributed by atoms with Crippen LogP contribution in [0.25, 0.3) is 0 Å². The molecule has 2 aromatic carbocycles. The van der Waals surface area contributed by atoms with E-state index in [4.69, 9.17) is 11.5 Å². The lowest BCUT2D eigenvalue weighted by Gasteiger charge is -2.40. The highest BCUT2D eigenvalue weighted by Crippen LogP contribution is 2.29. The number of likely N-dealkylation sites (N-methyl/N-ethyl adjacent to an activating group) is 2. The van der Waals surface area contributed by atoms with Crippen LogP contribution in [0.1, 0.15) is 87.6 Å². The van der Waals surface area contributed by atoms with Gasteiger partial charge in [0.1, 0.15) is 17.0 Å². The maximum atomic E-state index is 14.3. The third-order valence-corrected chi connectivity index (χ3v) is 12.1. The molecule has 5 atom stereocenters. The summed E-state index contributed by atoms with van der Waals surface area (Å²) in [5.74, 6) is -3.64. The number of anilines is 1. The number of rotatable bonds is 21. The van der Waals surface area contributed by atoms with Crippen LogP contribution in [0, 0.1) is 17.3 Å². The zero-order valence-electron chi connectivity index (χ0n) is 38.2. The van der Waals surface area contributed by atoms with Gasteiger partial charge >= 0.3 is 6.03 Å². The molecule has 0 aliphatic carbocycles. The highest BCUT2D eigenvalue weighted by atomic mass is 32.2. The third kappa shape index (κ3) is 14.7. The highest BCUT2D eigenvalue weighted by molar-refractivity contribution is 7.90. The van der Waals surface area contributed by atoms with Crippen LogP contribution >= 0.6 is 0 Å². The Morgan fingerprint density at radius 1 is 0.806 bits per heavy atom. The summed E-state index contributed by atoms with van der Waals surface area (Å²) >= 11 is 0. The van der Waals surface area contributed by atoms with E-state index in [1.165, 1.54) is 42.2 Å². The molecule has 10 N–H and O–H groups in total. The van der Waals surface area contributed by atoms with Crippen molar-refractivity contribution in [3.8, 4) is 0 Å². The van der Waals surface area contributed by atoms with Crippen LogP contribution in [0.15, 0.2) is 71.1 Å². The lowest BCUT2D eigenvalue weighted by atomic mass is 9.76. The number of hydrogen-bond donors (Lipinski definition) is 8. The van der Waals surface area contributed by atoms with Gasteiger partial charge in [0.2, 0.25) is 23.6 Å². The zero-order chi connectivity index (χ0) is 47.3. The Morgan fingerprint density at radius 3 is 1.92 bits per heavy atom. The number of sulfonamides is 1. The average Bonchev–Trinajstić information content (AvgIpc) is 3.18. The Kier molecular flexibility index (Phi) is 19.3. The van der Waals surface area contributed by atoms with E-state index in [-0.39, 0.29) is 48.4 Å². The van der Waals surface area contributed by atoms with E-state index >= 15 is 0 Å². The molecule has 344 valence electrons. The molecule has 62 heavy (non-hydrogen) atoms. The summed E-state index contributed by atoms with van der Waals surface area (Å²) in [6.07, 6.45) is 1.77. The summed E-state index contributed by atoms with van der Waals surface area (Å²) in [4.78, 5) is 80.5. The molecule has 0 spiro atoms. The van der Waals surface area contributed by atoms with Gasteiger partial charge in [-0.05, 0) is 61.8 Å². The fourth-order valence-corrected chi connectivity index (χ4v) is 7.98. The molecule has 2 aromatic rings. The molecule has 17 nitrogen and oxygen atoms in total. The number of carbonyl (C=O) groups excluding carboxylic acids is 6. The second-order valence-corrected chi connectivity index (χ2v) is 19.5. The molecule has 0 saturated carbocycles. The van der Waals surface area contributed by atoms with Crippen LogP contribution in [0.3, 0.4) is 0 Å². The van der Waals surface area contributed by atoms with E-state index < -0.39 is 85.6 Å². The van der Waals surface area contributed by atoms with Crippen LogP contribution in [0.5, 0.6) is 0 Å².